The second-order valence-electron chi connectivity index (χ2n) is 1.89. The van der Waals surface area contributed by atoms with Crippen LogP contribution in [-0.4, -0.2) is 18.2 Å². The maximum atomic E-state index is 9.96. The summed E-state index contributed by atoms with van der Waals surface area (Å²) in [5.41, 5.74) is 0.363. The third kappa shape index (κ3) is 1.90. The Bertz CT molecular complexity index is 334. The fourth-order valence-corrected chi connectivity index (χ4v) is 1.02. The average molecular weight is 229 g/mol. The molecule has 0 radical (unpaired) electrons. The van der Waals surface area contributed by atoms with Crippen LogP contribution in [0.25, 0.3) is 0 Å². The van der Waals surface area contributed by atoms with E-state index in [1.54, 1.807) is 12.3 Å². The Hall–Kier alpha value is -1.19. The zero-order chi connectivity index (χ0) is 8.97. The first-order valence-electron chi connectivity index (χ1n) is 3.05. The van der Waals surface area contributed by atoms with Crippen molar-refractivity contribution in [2.24, 2.45) is 4.99 Å². The van der Waals surface area contributed by atoms with Gasteiger partial charge in [0, 0.05) is 10.7 Å². The number of aliphatic imine (C=N–C) groups is 1. The minimum atomic E-state index is 0.307. The van der Waals surface area contributed by atoms with E-state index in [9.17, 15) is 4.79 Å². The quantitative estimate of drug-likeness (QED) is 0.574. The predicted octanol–water partition coefficient (Wildman–Crippen LogP) is 1.82. The van der Waals surface area contributed by atoms with Gasteiger partial charge in [-0.2, -0.15) is 4.99 Å². The highest BCUT2D eigenvalue weighted by Gasteiger charge is 2.02. The highest BCUT2D eigenvalue weighted by molar-refractivity contribution is 9.10. The second kappa shape index (κ2) is 3.99. The molecule has 0 saturated carbocycles. The molecule has 0 fully saturated rings. The van der Waals surface area contributed by atoms with Crippen molar-refractivity contribution in [1.82, 2.24) is 4.98 Å². The molecular weight excluding hydrogens is 224 g/mol. The van der Waals surface area contributed by atoms with Crippen LogP contribution in [0.5, 0.6) is 5.88 Å². The monoisotopic (exact) mass is 228 g/mol. The third-order valence-electron chi connectivity index (χ3n) is 1.16. The molecule has 4 nitrogen and oxygen atoms in total. The molecule has 12 heavy (non-hydrogen) atoms. The van der Waals surface area contributed by atoms with Crippen molar-refractivity contribution < 1.29 is 9.53 Å². The largest absolute Gasteiger partial charge is 0.479 e. The number of hydrogen-bond acceptors (Lipinski definition) is 4. The fourth-order valence-electron chi connectivity index (χ4n) is 0.703. The minimum absolute atomic E-state index is 0.307. The summed E-state index contributed by atoms with van der Waals surface area (Å²) in [6.45, 7) is 0. The van der Waals surface area contributed by atoms with Crippen LogP contribution in [0, 0.1) is 0 Å². The Kier molecular flexibility index (Phi) is 2.96. The Labute approximate surface area is 77.4 Å². The molecule has 1 heterocycles. The number of carbonyl (C=O) groups excluding carboxylic acids is 1. The molecule has 0 aliphatic carbocycles. The summed E-state index contributed by atoms with van der Waals surface area (Å²) >= 11 is 3.19. The van der Waals surface area contributed by atoms with E-state index in [-0.39, 0.29) is 0 Å². The van der Waals surface area contributed by atoms with Crippen LogP contribution in [0.4, 0.5) is 5.69 Å². The molecular formula is C7H5BrN2O2. The maximum absolute atomic E-state index is 9.96. The summed E-state index contributed by atoms with van der Waals surface area (Å²) in [6, 6.07) is 1.62. The van der Waals surface area contributed by atoms with Gasteiger partial charge in [-0.15, -0.1) is 0 Å². The summed E-state index contributed by atoms with van der Waals surface area (Å²) in [5, 5.41) is 0. The first kappa shape index (κ1) is 8.90. The summed E-state index contributed by atoms with van der Waals surface area (Å²) in [4.78, 5) is 17.3. The molecule has 0 bridgehead atoms. The lowest BCUT2D eigenvalue weighted by molar-refractivity contribution is 0.399. The summed E-state index contributed by atoms with van der Waals surface area (Å²) in [5.74, 6) is 0.307. The number of rotatable bonds is 2. The average Bonchev–Trinajstić information content (AvgIpc) is 2.05. The van der Waals surface area contributed by atoms with Crippen molar-refractivity contribution >= 4 is 27.7 Å². The lowest BCUT2D eigenvalue weighted by Crippen LogP contribution is -1.86. The molecule has 5 heteroatoms. The SMILES string of the molecule is COc1ncc(Br)cc1N=C=O. The Balaban J connectivity index is 3.20. The van der Waals surface area contributed by atoms with Crippen LogP contribution in [-0.2, 0) is 4.79 Å². The molecule has 1 aromatic heterocycles. The van der Waals surface area contributed by atoms with Crippen molar-refractivity contribution in [3.05, 3.63) is 16.7 Å². The fraction of sp³-hybridized carbons (Fsp3) is 0.143. The van der Waals surface area contributed by atoms with Crippen LogP contribution in [0.3, 0.4) is 0 Å². The molecule has 0 N–H and O–H groups in total. The van der Waals surface area contributed by atoms with Gasteiger partial charge in [-0.25, -0.2) is 9.78 Å². The number of aromatic nitrogens is 1. The Morgan fingerprint density at radius 2 is 2.50 bits per heavy atom. The molecule has 0 saturated heterocycles. The number of pyridine rings is 1. The van der Waals surface area contributed by atoms with E-state index in [0.717, 1.165) is 4.47 Å². The molecule has 1 rings (SSSR count). The normalized spacial score (nSPS) is 8.83. The molecule has 0 aliphatic heterocycles. The highest BCUT2D eigenvalue weighted by atomic mass is 79.9. The number of halogens is 1. The van der Waals surface area contributed by atoms with Gasteiger partial charge in [0.1, 0.15) is 5.69 Å². The van der Waals surface area contributed by atoms with Gasteiger partial charge in [-0.3, -0.25) is 0 Å². The molecule has 0 spiro atoms. The molecule has 0 unspecified atom stereocenters. The van der Waals surface area contributed by atoms with Gasteiger partial charge in [0.25, 0.3) is 0 Å². The maximum Gasteiger partial charge on any atom is 0.240 e. The van der Waals surface area contributed by atoms with Crippen molar-refractivity contribution in [3.63, 3.8) is 0 Å². The van der Waals surface area contributed by atoms with Gasteiger partial charge in [0.05, 0.1) is 7.11 Å². The van der Waals surface area contributed by atoms with Crippen LogP contribution in [0.1, 0.15) is 0 Å². The van der Waals surface area contributed by atoms with Crippen LogP contribution >= 0.6 is 15.9 Å². The number of ether oxygens (including phenoxy) is 1. The van der Waals surface area contributed by atoms with Crippen LogP contribution in [0.15, 0.2) is 21.7 Å². The van der Waals surface area contributed by atoms with Gasteiger partial charge in [-0.1, -0.05) is 0 Å². The summed E-state index contributed by atoms with van der Waals surface area (Å²) in [6.07, 6.45) is 2.98. The molecule has 0 atom stereocenters. The lowest BCUT2D eigenvalue weighted by Gasteiger charge is -2.00. The number of methoxy groups -OCH3 is 1. The molecule has 62 valence electrons. The number of nitrogens with zero attached hydrogens (tertiary/aromatic N) is 2. The second-order valence-corrected chi connectivity index (χ2v) is 2.80. The van der Waals surface area contributed by atoms with Crippen molar-refractivity contribution in [3.8, 4) is 5.88 Å². The predicted molar refractivity (Wildman–Crippen MR) is 46.3 cm³/mol. The number of hydrogen-bond donors (Lipinski definition) is 0. The zero-order valence-corrected chi connectivity index (χ0v) is 7.83. The van der Waals surface area contributed by atoms with E-state index < -0.39 is 0 Å². The van der Waals surface area contributed by atoms with Gasteiger partial charge >= 0.3 is 0 Å². The van der Waals surface area contributed by atoms with Crippen molar-refractivity contribution in [2.75, 3.05) is 7.11 Å². The first-order chi connectivity index (χ1) is 5.77. The van der Waals surface area contributed by atoms with E-state index in [0.29, 0.717) is 11.6 Å². The van der Waals surface area contributed by atoms with E-state index in [2.05, 4.69) is 25.9 Å². The number of isocyanates is 1. The molecule has 0 aromatic carbocycles. The lowest BCUT2D eigenvalue weighted by atomic mass is 10.4. The standard InChI is InChI=1S/C7H5BrN2O2/c1-12-7-6(10-4-11)2-5(8)3-9-7/h2-3H,1H3. The van der Waals surface area contributed by atoms with E-state index in [1.807, 2.05) is 0 Å². The molecule has 0 amide bonds. The Morgan fingerprint density at radius 3 is 3.08 bits per heavy atom. The van der Waals surface area contributed by atoms with Gasteiger partial charge < -0.3 is 4.74 Å². The summed E-state index contributed by atoms with van der Waals surface area (Å²) in [7, 11) is 1.46. The smallest absolute Gasteiger partial charge is 0.240 e. The highest BCUT2D eigenvalue weighted by Crippen LogP contribution is 2.26. The third-order valence-corrected chi connectivity index (χ3v) is 1.59. The van der Waals surface area contributed by atoms with Crippen LogP contribution < -0.4 is 4.74 Å². The van der Waals surface area contributed by atoms with Gasteiger partial charge in [-0.05, 0) is 22.0 Å². The van der Waals surface area contributed by atoms with E-state index in [1.165, 1.54) is 13.2 Å². The van der Waals surface area contributed by atoms with Crippen molar-refractivity contribution in [1.29, 1.82) is 0 Å². The molecule has 0 aliphatic rings. The van der Waals surface area contributed by atoms with E-state index >= 15 is 0 Å². The zero-order valence-electron chi connectivity index (χ0n) is 6.24. The topological polar surface area (TPSA) is 51.6 Å². The van der Waals surface area contributed by atoms with Crippen molar-refractivity contribution in [2.45, 2.75) is 0 Å². The Morgan fingerprint density at radius 1 is 1.75 bits per heavy atom. The van der Waals surface area contributed by atoms with Gasteiger partial charge in [0.15, 0.2) is 0 Å². The van der Waals surface area contributed by atoms with Crippen LogP contribution in [0.2, 0.25) is 0 Å². The first-order valence-corrected chi connectivity index (χ1v) is 3.84. The summed E-state index contributed by atoms with van der Waals surface area (Å²) < 4.78 is 5.58. The molecule has 1 aromatic rings. The van der Waals surface area contributed by atoms with Gasteiger partial charge in [0.2, 0.25) is 12.0 Å². The van der Waals surface area contributed by atoms with E-state index in [4.69, 9.17) is 4.74 Å². The minimum Gasteiger partial charge on any atom is -0.479 e.